The van der Waals surface area contributed by atoms with Gasteiger partial charge in [-0.05, 0) is 22.9 Å². The summed E-state index contributed by atoms with van der Waals surface area (Å²) in [6.07, 6.45) is 0. The Morgan fingerprint density at radius 3 is 2.18 bits per heavy atom. The summed E-state index contributed by atoms with van der Waals surface area (Å²) in [5.74, 6) is 0.428. The maximum atomic E-state index is 10.4. The zero-order valence-corrected chi connectivity index (χ0v) is 12.4. The highest BCUT2D eigenvalue weighted by molar-refractivity contribution is 7.71. The van der Waals surface area contributed by atoms with E-state index in [4.69, 9.17) is 16.6 Å². The SMILES string of the molecule is Oc1c(-c2ccccc2)oc2cc3ccccc3cc2c1=S. The Balaban J connectivity index is 2.11. The lowest BCUT2D eigenvalue weighted by Gasteiger charge is -2.08. The van der Waals surface area contributed by atoms with Crippen LogP contribution in [-0.4, -0.2) is 5.11 Å². The lowest BCUT2D eigenvalue weighted by atomic mass is 10.1. The Morgan fingerprint density at radius 2 is 1.45 bits per heavy atom. The van der Waals surface area contributed by atoms with Crippen LogP contribution in [0, 0.1) is 4.51 Å². The molecular weight excluding hydrogens is 292 g/mol. The van der Waals surface area contributed by atoms with E-state index >= 15 is 0 Å². The van der Waals surface area contributed by atoms with Gasteiger partial charge in [0.05, 0.1) is 4.51 Å². The van der Waals surface area contributed by atoms with Crippen molar-refractivity contribution < 1.29 is 9.52 Å². The number of hydrogen-bond acceptors (Lipinski definition) is 3. The third kappa shape index (κ3) is 1.98. The van der Waals surface area contributed by atoms with Crippen molar-refractivity contribution in [2.24, 2.45) is 0 Å². The zero-order chi connectivity index (χ0) is 15.1. The van der Waals surface area contributed by atoms with Crippen LogP contribution in [0.25, 0.3) is 33.1 Å². The molecule has 22 heavy (non-hydrogen) atoms. The quantitative estimate of drug-likeness (QED) is 0.362. The van der Waals surface area contributed by atoms with Gasteiger partial charge in [-0.15, -0.1) is 0 Å². The third-order valence-electron chi connectivity index (χ3n) is 3.77. The zero-order valence-electron chi connectivity index (χ0n) is 11.6. The van der Waals surface area contributed by atoms with Gasteiger partial charge in [-0.2, -0.15) is 0 Å². The molecule has 106 valence electrons. The van der Waals surface area contributed by atoms with Crippen molar-refractivity contribution in [1.29, 1.82) is 0 Å². The van der Waals surface area contributed by atoms with Gasteiger partial charge < -0.3 is 9.52 Å². The van der Waals surface area contributed by atoms with E-state index in [0.29, 0.717) is 15.9 Å². The molecule has 4 rings (SSSR count). The van der Waals surface area contributed by atoms with Crippen molar-refractivity contribution in [2.75, 3.05) is 0 Å². The Kier molecular flexibility index (Phi) is 2.94. The predicted molar refractivity (Wildman–Crippen MR) is 91.7 cm³/mol. The minimum absolute atomic E-state index is 0.0176. The second-order valence-electron chi connectivity index (χ2n) is 5.17. The van der Waals surface area contributed by atoms with Crippen LogP contribution < -0.4 is 0 Å². The summed E-state index contributed by atoms with van der Waals surface area (Å²) in [6, 6.07) is 21.4. The molecule has 0 unspecified atom stereocenters. The molecule has 1 N–H and O–H groups in total. The Morgan fingerprint density at radius 1 is 0.818 bits per heavy atom. The number of rotatable bonds is 1. The van der Waals surface area contributed by atoms with Crippen molar-refractivity contribution >= 4 is 34.0 Å². The second-order valence-corrected chi connectivity index (χ2v) is 5.58. The molecule has 4 aromatic rings. The molecule has 0 radical (unpaired) electrons. The van der Waals surface area contributed by atoms with Crippen LogP contribution in [0.1, 0.15) is 0 Å². The Labute approximate surface area is 132 Å². The molecule has 0 amide bonds. The van der Waals surface area contributed by atoms with Gasteiger partial charge in [-0.1, -0.05) is 66.8 Å². The maximum Gasteiger partial charge on any atom is 0.178 e. The second kappa shape index (κ2) is 4.97. The molecule has 0 saturated carbocycles. The van der Waals surface area contributed by atoms with Crippen LogP contribution >= 0.6 is 12.2 Å². The highest BCUT2D eigenvalue weighted by atomic mass is 32.1. The minimum atomic E-state index is 0.0176. The molecule has 1 aromatic heterocycles. The molecule has 0 aliphatic heterocycles. The number of hydrogen-bond donors (Lipinski definition) is 1. The molecule has 3 aromatic carbocycles. The molecule has 3 heteroatoms. The van der Waals surface area contributed by atoms with Crippen LogP contribution in [0.5, 0.6) is 5.75 Å². The average Bonchev–Trinajstić information content (AvgIpc) is 2.57. The van der Waals surface area contributed by atoms with Crippen LogP contribution in [0.4, 0.5) is 0 Å². The first-order valence-corrected chi connectivity index (χ1v) is 7.39. The molecular formula is C19H12O2S. The van der Waals surface area contributed by atoms with Crippen LogP contribution in [-0.2, 0) is 0 Å². The monoisotopic (exact) mass is 304 g/mol. The van der Waals surface area contributed by atoms with Crippen LogP contribution in [0.2, 0.25) is 0 Å². The normalized spacial score (nSPS) is 11.1. The number of benzene rings is 3. The topological polar surface area (TPSA) is 33.4 Å². The van der Waals surface area contributed by atoms with E-state index in [9.17, 15) is 5.11 Å². The van der Waals surface area contributed by atoms with Crippen LogP contribution in [0.15, 0.2) is 71.1 Å². The van der Waals surface area contributed by atoms with Gasteiger partial charge in [0.1, 0.15) is 5.58 Å². The highest BCUT2D eigenvalue weighted by Crippen LogP contribution is 2.36. The van der Waals surface area contributed by atoms with E-state index in [1.165, 1.54) is 0 Å². The summed E-state index contributed by atoms with van der Waals surface area (Å²) >= 11 is 5.44. The van der Waals surface area contributed by atoms with E-state index in [-0.39, 0.29) is 5.75 Å². The van der Waals surface area contributed by atoms with Crippen molar-refractivity contribution in [3.05, 3.63) is 71.2 Å². The van der Waals surface area contributed by atoms with Gasteiger partial charge in [0.15, 0.2) is 11.5 Å². The van der Waals surface area contributed by atoms with Gasteiger partial charge in [0.25, 0.3) is 0 Å². The van der Waals surface area contributed by atoms with Gasteiger partial charge in [0, 0.05) is 10.9 Å². The van der Waals surface area contributed by atoms with E-state index < -0.39 is 0 Å². The summed E-state index contributed by atoms with van der Waals surface area (Å²) < 4.78 is 6.37. The highest BCUT2D eigenvalue weighted by Gasteiger charge is 2.13. The molecule has 0 bridgehead atoms. The van der Waals surface area contributed by atoms with E-state index in [1.807, 2.05) is 66.7 Å². The van der Waals surface area contributed by atoms with E-state index in [1.54, 1.807) is 0 Å². The fraction of sp³-hybridized carbons (Fsp3) is 0. The first-order chi connectivity index (χ1) is 10.7. The van der Waals surface area contributed by atoms with E-state index in [2.05, 4.69) is 0 Å². The van der Waals surface area contributed by atoms with Gasteiger partial charge in [-0.3, -0.25) is 0 Å². The molecule has 2 nitrogen and oxygen atoms in total. The molecule has 0 fully saturated rings. The van der Waals surface area contributed by atoms with Crippen molar-refractivity contribution in [3.8, 4) is 17.1 Å². The minimum Gasteiger partial charge on any atom is -0.503 e. The Bertz CT molecular complexity index is 1050. The summed E-state index contributed by atoms with van der Waals surface area (Å²) in [4.78, 5) is 0. The molecule has 1 heterocycles. The standard InChI is InChI=1S/C19H12O2S/c20-17-18(12-6-2-1-3-7-12)21-16-11-14-9-5-4-8-13(14)10-15(16)19(17)22/h1-11,20H. The van der Waals surface area contributed by atoms with E-state index in [0.717, 1.165) is 21.7 Å². The third-order valence-corrected chi connectivity index (χ3v) is 4.18. The molecule has 0 saturated heterocycles. The summed E-state index contributed by atoms with van der Waals surface area (Å²) in [5, 5.41) is 13.3. The largest absolute Gasteiger partial charge is 0.503 e. The lowest BCUT2D eigenvalue weighted by Crippen LogP contribution is -1.84. The van der Waals surface area contributed by atoms with Crippen LogP contribution in [0.3, 0.4) is 0 Å². The number of aromatic hydroxyl groups is 1. The maximum absolute atomic E-state index is 10.4. The van der Waals surface area contributed by atoms with Gasteiger partial charge >= 0.3 is 0 Å². The van der Waals surface area contributed by atoms with Crippen molar-refractivity contribution in [2.45, 2.75) is 0 Å². The number of fused-ring (bicyclic) bond motifs is 2. The summed E-state index contributed by atoms with van der Waals surface area (Å²) in [6.45, 7) is 0. The fourth-order valence-corrected chi connectivity index (χ4v) is 2.91. The molecule has 0 atom stereocenters. The van der Waals surface area contributed by atoms with Gasteiger partial charge in [-0.25, -0.2) is 0 Å². The first-order valence-electron chi connectivity index (χ1n) is 6.98. The molecule has 0 aliphatic carbocycles. The Hall–Kier alpha value is -2.65. The average molecular weight is 304 g/mol. The summed E-state index contributed by atoms with van der Waals surface area (Å²) in [5.41, 5.74) is 1.49. The molecule has 0 aliphatic rings. The predicted octanol–water partition coefficient (Wildman–Crippen LogP) is 5.69. The van der Waals surface area contributed by atoms with Crippen molar-refractivity contribution in [3.63, 3.8) is 0 Å². The van der Waals surface area contributed by atoms with Crippen molar-refractivity contribution in [1.82, 2.24) is 0 Å². The molecule has 0 spiro atoms. The fourth-order valence-electron chi connectivity index (χ4n) is 2.66. The summed E-state index contributed by atoms with van der Waals surface area (Å²) in [7, 11) is 0. The first kappa shape index (κ1) is 13.0. The lowest BCUT2D eigenvalue weighted by molar-refractivity contribution is 0.452. The smallest absolute Gasteiger partial charge is 0.178 e. The van der Waals surface area contributed by atoms with Gasteiger partial charge in [0.2, 0.25) is 0 Å².